The summed E-state index contributed by atoms with van der Waals surface area (Å²) >= 11 is 0. The van der Waals surface area contributed by atoms with Gasteiger partial charge in [-0.2, -0.15) is 0 Å². The third-order valence-electron chi connectivity index (χ3n) is 1.18. The number of aliphatic hydroxyl groups is 1. The van der Waals surface area contributed by atoms with Gasteiger partial charge < -0.3 is 5.11 Å². The van der Waals surface area contributed by atoms with Crippen molar-refractivity contribution in [3.8, 4) is 11.8 Å². The molecule has 0 radical (unpaired) electrons. The predicted octanol–water partition coefficient (Wildman–Crippen LogP) is 1.76. The van der Waals surface area contributed by atoms with Crippen LogP contribution in [0.1, 0.15) is 25.2 Å². The highest BCUT2D eigenvalue weighted by atomic mass is 16.2. The van der Waals surface area contributed by atoms with Crippen molar-refractivity contribution >= 4 is 0 Å². The van der Waals surface area contributed by atoms with Crippen LogP contribution in [0, 0.1) is 18.8 Å². The second kappa shape index (κ2) is 7.33. The van der Waals surface area contributed by atoms with Crippen molar-refractivity contribution in [1.29, 1.82) is 0 Å². The molecule has 70 valence electrons. The zero-order valence-electron chi connectivity index (χ0n) is 8.33. The van der Waals surface area contributed by atoms with Crippen LogP contribution in [-0.2, 0) is 0 Å². The predicted molar refractivity (Wildman–Crippen MR) is 54.3 cm³/mol. The van der Waals surface area contributed by atoms with Crippen LogP contribution in [0.25, 0.3) is 0 Å². The molecule has 1 N–H and O–H groups in total. The molecule has 13 heavy (non-hydrogen) atoms. The monoisotopic (exact) mass is 177 g/mol. The fraction of sp³-hybridized carbons (Fsp3) is 0.364. The molecular weight excluding hydrogens is 162 g/mol. The Hall–Kier alpha value is -1.33. The van der Waals surface area contributed by atoms with E-state index in [1.807, 2.05) is 39.0 Å². The molecule has 0 aliphatic heterocycles. The first-order chi connectivity index (χ1) is 6.33. The minimum atomic E-state index is -0.115. The van der Waals surface area contributed by atoms with E-state index in [-0.39, 0.29) is 6.61 Å². The van der Waals surface area contributed by atoms with Crippen LogP contribution in [0.4, 0.5) is 0 Å². The van der Waals surface area contributed by atoms with E-state index in [0.29, 0.717) is 5.69 Å². The molecule has 0 bridgehead atoms. The SMILES string of the molecule is CC.Cc1cccc(C#CCO)n1. The van der Waals surface area contributed by atoms with E-state index in [9.17, 15) is 0 Å². The summed E-state index contributed by atoms with van der Waals surface area (Å²) in [5.74, 6) is 5.26. The first-order valence-corrected chi connectivity index (χ1v) is 4.36. The second-order valence-electron chi connectivity index (χ2n) is 2.12. The van der Waals surface area contributed by atoms with Gasteiger partial charge >= 0.3 is 0 Å². The third kappa shape index (κ3) is 5.00. The minimum Gasteiger partial charge on any atom is -0.384 e. The third-order valence-corrected chi connectivity index (χ3v) is 1.18. The van der Waals surface area contributed by atoms with Crippen LogP contribution in [0.5, 0.6) is 0 Å². The zero-order valence-corrected chi connectivity index (χ0v) is 8.33. The largest absolute Gasteiger partial charge is 0.384 e. The Labute approximate surface area is 79.6 Å². The number of aromatic nitrogens is 1. The molecule has 2 nitrogen and oxygen atoms in total. The Morgan fingerprint density at radius 2 is 2.08 bits per heavy atom. The number of nitrogens with zero attached hydrogens (tertiary/aromatic N) is 1. The molecule has 0 atom stereocenters. The number of aryl methyl sites for hydroxylation is 1. The van der Waals surface area contributed by atoms with E-state index in [2.05, 4.69) is 16.8 Å². The lowest BCUT2D eigenvalue weighted by molar-refractivity contribution is 0.350. The molecule has 1 aromatic heterocycles. The summed E-state index contributed by atoms with van der Waals surface area (Å²) < 4.78 is 0. The Morgan fingerprint density at radius 3 is 2.62 bits per heavy atom. The lowest BCUT2D eigenvalue weighted by Crippen LogP contribution is -1.85. The maximum absolute atomic E-state index is 8.40. The summed E-state index contributed by atoms with van der Waals surface area (Å²) in [4.78, 5) is 4.13. The quantitative estimate of drug-likeness (QED) is 0.612. The fourth-order valence-corrected chi connectivity index (χ4v) is 0.743. The van der Waals surface area contributed by atoms with Crippen molar-refractivity contribution in [2.75, 3.05) is 6.61 Å². The van der Waals surface area contributed by atoms with Crippen molar-refractivity contribution in [3.63, 3.8) is 0 Å². The van der Waals surface area contributed by atoms with Crippen molar-refractivity contribution in [2.24, 2.45) is 0 Å². The Kier molecular flexibility index (Phi) is 6.58. The molecule has 0 aliphatic rings. The minimum absolute atomic E-state index is 0.115. The number of aliphatic hydroxyl groups excluding tert-OH is 1. The Bertz CT molecular complexity index is 296. The highest BCUT2D eigenvalue weighted by molar-refractivity contribution is 5.28. The lowest BCUT2D eigenvalue weighted by Gasteiger charge is -1.90. The average Bonchev–Trinajstić information content (AvgIpc) is 2.18. The highest BCUT2D eigenvalue weighted by Gasteiger charge is 1.86. The maximum Gasteiger partial charge on any atom is 0.113 e. The summed E-state index contributed by atoms with van der Waals surface area (Å²) in [6, 6.07) is 5.61. The van der Waals surface area contributed by atoms with Crippen LogP contribution < -0.4 is 0 Å². The van der Waals surface area contributed by atoms with Gasteiger partial charge in [-0.1, -0.05) is 25.8 Å². The van der Waals surface area contributed by atoms with E-state index in [4.69, 9.17) is 5.11 Å². The first kappa shape index (κ1) is 11.7. The smallest absolute Gasteiger partial charge is 0.113 e. The van der Waals surface area contributed by atoms with Gasteiger partial charge in [-0.3, -0.25) is 0 Å². The van der Waals surface area contributed by atoms with Gasteiger partial charge in [0.05, 0.1) is 0 Å². The van der Waals surface area contributed by atoms with Crippen molar-refractivity contribution < 1.29 is 5.11 Å². The highest BCUT2D eigenvalue weighted by Crippen LogP contribution is 1.94. The van der Waals surface area contributed by atoms with Crippen LogP contribution >= 0.6 is 0 Å². The Balaban J connectivity index is 0.000000671. The molecule has 1 rings (SSSR count). The van der Waals surface area contributed by atoms with Gasteiger partial charge in [0.1, 0.15) is 12.3 Å². The summed E-state index contributed by atoms with van der Waals surface area (Å²) in [5.41, 5.74) is 1.65. The fourth-order valence-electron chi connectivity index (χ4n) is 0.743. The molecule has 0 saturated carbocycles. The molecule has 0 fully saturated rings. The van der Waals surface area contributed by atoms with Gasteiger partial charge in [0.25, 0.3) is 0 Å². The molecular formula is C11H15NO. The number of hydrogen-bond donors (Lipinski definition) is 1. The molecule has 0 amide bonds. The second-order valence-corrected chi connectivity index (χ2v) is 2.12. The van der Waals surface area contributed by atoms with Crippen LogP contribution in [0.3, 0.4) is 0 Å². The normalized spacial score (nSPS) is 7.69. The van der Waals surface area contributed by atoms with E-state index >= 15 is 0 Å². The van der Waals surface area contributed by atoms with Gasteiger partial charge in [0.15, 0.2) is 0 Å². The maximum atomic E-state index is 8.40. The molecule has 1 aromatic rings. The molecule has 0 spiro atoms. The molecule has 1 heterocycles. The zero-order chi connectivity index (χ0) is 10.1. The van der Waals surface area contributed by atoms with E-state index in [0.717, 1.165) is 5.69 Å². The molecule has 0 aliphatic carbocycles. The standard InChI is InChI=1S/C9H9NO.C2H6/c1-8-4-2-5-9(10-8)6-3-7-11;1-2/h2,4-5,11H,7H2,1H3;1-2H3. The van der Waals surface area contributed by atoms with Crippen molar-refractivity contribution in [2.45, 2.75) is 20.8 Å². The molecule has 0 aromatic carbocycles. The van der Waals surface area contributed by atoms with Crippen LogP contribution in [0.2, 0.25) is 0 Å². The average molecular weight is 177 g/mol. The van der Waals surface area contributed by atoms with Gasteiger partial charge in [-0.05, 0) is 25.0 Å². The van der Waals surface area contributed by atoms with Crippen molar-refractivity contribution in [1.82, 2.24) is 4.98 Å². The van der Waals surface area contributed by atoms with E-state index in [1.54, 1.807) is 0 Å². The van der Waals surface area contributed by atoms with Crippen LogP contribution in [0.15, 0.2) is 18.2 Å². The van der Waals surface area contributed by atoms with Crippen LogP contribution in [-0.4, -0.2) is 16.7 Å². The number of pyridine rings is 1. The molecule has 2 heteroatoms. The summed E-state index contributed by atoms with van der Waals surface area (Å²) in [7, 11) is 0. The summed E-state index contributed by atoms with van der Waals surface area (Å²) in [6.07, 6.45) is 0. The van der Waals surface area contributed by atoms with Crippen molar-refractivity contribution in [3.05, 3.63) is 29.6 Å². The molecule has 0 unspecified atom stereocenters. The summed E-state index contributed by atoms with van der Waals surface area (Å²) in [6.45, 7) is 5.79. The Morgan fingerprint density at radius 1 is 1.38 bits per heavy atom. The van der Waals surface area contributed by atoms with Gasteiger partial charge in [0.2, 0.25) is 0 Å². The first-order valence-electron chi connectivity index (χ1n) is 4.36. The van der Waals surface area contributed by atoms with Gasteiger partial charge in [0, 0.05) is 5.69 Å². The van der Waals surface area contributed by atoms with E-state index in [1.165, 1.54) is 0 Å². The number of hydrogen-bond acceptors (Lipinski definition) is 2. The van der Waals surface area contributed by atoms with Gasteiger partial charge in [-0.15, -0.1) is 0 Å². The lowest BCUT2D eigenvalue weighted by atomic mass is 10.3. The number of rotatable bonds is 0. The molecule has 0 saturated heterocycles. The van der Waals surface area contributed by atoms with Gasteiger partial charge in [-0.25, -0.2) is 4.98 Å². The topological polar surface area (TPSA) is 33.1 Å². The summed E-state index contributed by atoms with van der Waals surface area (Å²) in [5, 5.41) is 8.40. The van der Waals surface area contributed by atoms with E-state index < -0.39 is 0 Å².